The molecule has 0 aliphatic heterocycles. The second-order valence-corrected chi connectivity index (χ2v) is 7.45. The highest BCUT2D eigenvalue weighted by Gasteiger charge is 2.31. The molecule has 13 nitrogen and oxygen atoms in total. The van der Waals surface area contributed by atoms with Crippen LogP contribution in [0.2, 0.25) is 0 Å². The lowest BCUT2D eigenvalue weighted by atomic mass is 10.0. The number of aliphatic hydroxyl groups is 2. The first-order chi connectivity index (χ1) is 14.4. The summed E-state index contributed by atoms with van der Waals surface area (Å²) in [6, 6.07) is -6.33. The molecule has 0 saturated heterocycles. The monoisotopic (exact) mass is 465 g/mol. The summed E-state index contributed by atoms with van der Waals surface area (Å²) in [4.78, 5) is 59.8. The van der Waals surface area contributed by atoms with Crippen molar-refractivity contribution in [3.8, 4) is 0 Å². The molecule has 0 aromatic carbocycles. The van der Waals surface area contributed by atoms with Gasteiger partial charge in [-0.2, -0.15) is 12.6 Å². The molecule has 4 amide bonds. The molecule has 0 aliphatic carbocycles. The van der Waals surface area contributed by atoms with Crippen LogP contribution in [0.15, 0.2) is 0 Å². The Hall–Kier alpha value is -2.42. The summed E-state index contributed by atoms with van der Waals surface area (Å²) >= 11 is 3.96. The Balaban J connectivity index is 5.12. The maximum absolute atomic E-state index is 12.4. The van der Waals surface area contributed by atoms with Crippen molar-refractivity contribution in [2.75, 3.05) is 19.0 Å². The highest BCUT2D eigenvalue weighted by Crippen LogP contribution is 2.02. The average molecular weight is 466 g/mol. The first-order valence-electron chi connectivity index (χ1n) is 9.41. The molecule has 0 bridgehead atoms. The summed E-state index contributed by atoms with van der Waals surface area (Å²) in [7, 11) is 0. The summed E-state index contributed by atoms with van der Waals surface area (Å²) in [5.41, 5.74) is 5.38. The summed E-state index contributed by atoms with van der Waals surface area (Å²) in [6.07, 6.45) is 0. The number of aliphatic hydroxyl groups excluding tert-OH is 2. The van der Waals surface area contributed by atoms with Crippen molar-refractivity contribution in [2.24, 2.45) is 11.7 Å². The van der Waals surface area contributed by atoms with Crippen LogP contribution in [0.5, 0.6) is 0 Å². The van der Waals surface area contributed by atoms with E-state index in [-0.39, 0.29) is 5.75 Å². The van der Waals surface area contributed by atoms with Crippen LogP contribution in [-0.2, 0) is 24.0 Å². The maximum atomic E-state index is 12.4. The normalized spacial score (nSPS) is 15.7. The van der Waals surface area contributed by atoms with Gasteiger partial charge < -0.3 is 42.3 Å². The number of hydrogen-bond donors (Lipinski definition) is 9. The van der Waals surface area contributed by atoms with Crippen LogP contribution >= 0.6 is 12.6 Å². The second kappa shape index (κ2) is 13.8. The molecule has 31 heavy (non-hydrogen) atoms. The van der Waals surface area contributed by atoms with Gasteiger partial charge in [-0.05, 0) is 12.8 Å². The standard InChI is InChI=1S/C17H31N5O8S/c1-7(2)12(17(29)30)22-15(27)10(5-24)20-16(28)11(6-31)21-14(26)9(4-23)19-13(25)8(3)18/h7-12,23-24,31H,4-6,18H2,1-3H3,(H,19,25)(H,20,28)(H,21,26)(H,22,27)(H,29,30)/t8-,9-,10-,11-,12-/m0/s1. The Morgan fingerprint density at radius 3 is 1.52 bits per heavy atom. The van der Waals surface area contributed by atoms with E-state index in [1.807, 2.05) is 0 Å². The molecular formula is C17H31N5O8S. The predicted molar refractivity (Wildman–Crippen MR) is 112 cm³/mol. The van der Waals surface area contributed by atoms with Gasteiger partial charge in [0.2, 0.25) is 23.6 Å². The summed E-state index contributed by atoms with van der Waals surface area (Å²) in [5, 5.41) is 36.8. The summed E-state index contributed by atoms with van der Waals surface area (Å²) in [6.45, 7) is 2.91. The fourth-order valence-corrected chi connectivity index (χ4v) is 2.45. The van der Waals surface area contributed by atoms with E-state index in [0.717, 1.165) is 0 Å². The van der Waals surface area contributed by atoms with Gasteiger partial charge in [0, 0.05) is 5.75 Å². The number of carbonyl (C=O) groups is 5. The Morgan fingerprint density at radius 1 is 0.774 bits per heavy atom. The minimum absolute atomic E-state index is 0.222. The van der Waals surface area contributed by atoms with Crippen molar-refractivity contribution in [3.63, 3.8) is 0 Å². The van der Waals surface area contributed by atoms with E-state index in [2.05, 4.69) is 33.9 Å². The van der Waals surface area contributed by atoms with E-state index < -0.39 is 78.9 Å². The molecule has 0 fully saturated rings. The quantitative estimate of drug-likeness (QED) is 0.121. The maximum Gasteiger partial charge on any atom is 0.326 e. The highest BCUT2D eigenvalue weighted by atomic mass is 32.1. The lowest BCUT2D eigenvalue weighted by Crippen LogP contribution is -2.60. The number of aliphatic carboxylic acids is 1. The number of thiol groups is 1. The molecule has 178 valence electrons. The summed E-state index contributed by atoms with van der Waals surface area (Å²) in [5.74, 6) is -5.39. The molecule has 0 aliphatic rings. The zero-order valence-electron chi connectivity index (χ0n) is 17.5. The van der Waals surface area contributed by atoms with Crippen LogP contribution in [0.4, 0.5) is 0 Å². The van der Waals surface area contributed by atoms with Gasteiger partial charge in [-0.1, -0.05) is 13.8 Å². The van der Waals surface area contributed by atoms with E-state index >= 15 is 0 Å². The van der Waals surface area contributed by atoms with Gasteiger partial charge in [-0.15, -0.1) is 0 Å². The molecule has 9 N–H and O–H groups in total. The van der Waals surface area contributed by atoms with Crippen molar-refractivity contribution in [2.45, 2.75) is 51.0 Å². The Morgan fingerprint density at radius 2 is 1.16 bits per heavy atom. The van der Waals surface area contributed by atoms with E-state index in [9.17, 15) is 34.2 Å². The van der Waals surface area contributed by atoms with Crippen molar-refractivity contribution in [1.29, 1.82) is 0 Å². The van der Waals surface area contributed by atoms with Crippen LogP contribution in [0.3, 0.4) is 0 Å². The number of hydrogen-bond acceptors (Lipinski definition) is 9. The van der Waals surface area contributed by atoms with Gasteiger partial charge in [0.05, 0.1) is 19.3 Å². The molecule has 0 radical (unpaired) electrons. The fourth-order valence-electron chi connectivity index (χ4n) is 2.20. The first kappa shape index (κ1) is 28.6. The van der Waals surface area contributed by atoms with Crippen LogP contribution in [0.1, 0.15) is 20.8 Å². The first-order valence-corrected chi connectivity index (χ1v) is 10.0. The highest BCUT2D eigenvalue weighted by molar-refractivity contribution is 7.80. The molecule has 14 heteroatoms. The smallest absolute Gasteiger partial charge is 0.326 e. The van der Waals surface area contributed by atoms with Crippen molar-refractivity contribution in [1.82, 2.24) is 21.3 Å². The average Bonchev–Trinajstić information content (AvgIpc) is 2.70. The zero-order valence-corrected chi connectivity index (χ0v) is 18.4. The molecule has 0 unspecified atom stereocenters. The molecule has 5 atom stereocenters. The van der Waals surface area contributed by atoms with Gasteiger partial charge in [0.15, 0.2) is 0 Å². The van der Waals surface area contributed by atoms with Crippen molar-refractivity contribution < 1.29 is 39.3 Å². The van der Waals surface area contributed by atoms with Crippen LogP contribution in [0, 0.1) is 5.92 Å². The topological polar surface area (TPSA) is 220 Å². The summed E-state index contributed by atoms with van der Waals surface area (Å²) < 4.78 is 0. The molecule has 0 aromatic rings. The van der Waals surface area contributed by atoms with Gasteiger partial charge in [-0.25, -0.2) is 4.79 Å². The zero-order chi connectivity index (χ0) is 24.3. The van der Waals surface area contributed by atoms with Crippen LogP contribution in [-0.4, -0.2) is 94.1 Å². The van der Waals surface area contributed by atoms with Crippen molar-refractivity contribution in [3.05, 3.63) is 0 Å². The molecule has 0 spiro atoms. The van der Waals surface area contributed by atoms with Crippen LogP contribution < -0.4 is 27.0 Å². The number of carbonyl (C=O) groups excluding carboxylic acids is 4. The Kier molecular flexibility index (Phi) is 12.7. The van der Waals surface area contributed by atoms with E-state index in [0.29, 0.717) is 0 Å². The van der Waals surface area contributed by atoms with Gasteiger partial charge in [0.25, 0.3) is 0 Å². The number of carboxylic acids is 1. The number of amides is 4. The van der Waals surface area contributed by atoms with Gasteiger partial charge in [0.1, 0.15) is 24.2 Å². The van der Waals surface area contributed by atoms with Gasteiger partial charge >= 0.3 is 5.97 Å². The molecule has 0 rings (SSSR count). The lowest BCUT2D eigenvalue weighted by Gasteiger charge is -2.25. The lowest BCUT2D eigenvalue weighted by molar-refractivity contribution is -0.143. The number of nitrogens with two attached hydrogens (primary N) is 1. The van der Waals surface area contributed by atoms with Crippen LogP contribution in [0.25, 0.3) is 0 Å². The third kappa shape index (κ3) is 9.50. The van der Waals surface area contributed by atoms with Crippen molar-refractivity contribution >= 4 is 42.2 Å². The van der Waals surface area contributed by atoms with E-state index in [4.69, 9.17) is 10.8 Å². The Bertz CT molecular complexity index is 660. The minimum Gasteiger partial charge on any atom is -0.480 e. The minimum atomic E-state index is -1.49. The van der Waals surface area contributed by atoms with E-state index in [1.54, 1.807) is 13.8 Å². The Labute approximate surface area is 184 Å². The number of carboxylic acid groups (broad SMARTS) is 1. The number of rotatable bonds is 13. The SMILES string of the molecule is CC(C)[C@H](NC(=O)[C@H](CO)NC(=O)[C@H](CS)NC(=O)[C@H](CO)NC(=O)[C@H](C)N)C(=O)O. The fraction of sp³-hybridized carbons (Fsp3) is 0.706. The predicted octanol–water partition coefficient (Wildman–Crippen LogP) is -4.07. The molecule has 0 heterocycles. The molecule has 0 aromatic heterocycles. The second-order valence-electron chi connectivity index (χ2n) is 7.09. The third-order valence-corrected chi connectivity index (χ3v) is 4.46. The van der Waals surface area contributed by atoms with Gasteiger partial charge in [-0.3, -0.25) is 19.2 Å². The third-order valence-electron chi connectivity index (χ3n) is 4.09. The number of nitrogens with one attached hydrogen (secondary N) is 4. The molecule has 0 saturated carbocycles. The van der Waals surface area contributed by atoms with E-state index in [1.165, 1.54) is 6.92 Å². The largest absolute Gasteiger partial charge is 0.480 e. The molecular weight excluding hydrogens is 434 g/mol.